The average molecular weight is 466 g/mol. The van der Waals surface area contributed by atoms with Crippen LogP contribution in [-0.2, 0) is 10.0 Å². The van der Waals surface area contributed by atoms with Crippen LogP contribution in [0.4, 0.5) is 23.1 Å². The molecule has 10 nitrogen and oxygen atoms in total. The number of nitrogens with two attached hydrogens (primary N) is 1. The molecule has 0 unspecified atom stereocenters. The summed E-state index contributed by atoms with van der Waals surface area (Å²) in [5.74, 6) is -0.0356. The third-order valence-corrected chi connectivity index (χ3v) is 6.80. The van der Waals surface area contributed by atoms with Crippen molar-refractivity contribution in [2.75, 3.05) is 24.7 Å². The Labute approximate surface area is 190 Å². The standard InChI is InChI=1S/C22H23N7O3S/c1-13-10-14-4-5-15(11-18(14)25-13)27-22-24-9-8-20(28-22)26-16-6-7-17(21(23)30)19(12-16)33(31,32)29(2)3/h4-12,25H,1-3H3,(H2,23,30)(H2,24,26,27,28). The number of aryl methyl sites for hydroxylation is 1. The molecule has 170 valence electrons. The van der Waals surface area contributed by atoms with Gasteiger partial charge in [-0.2, -0.15) is 4.98 Å². The summed E-state index contributed by atoms with van der Waals surface area (Å²) in [5.41, 5.74) is 8.59. The number of aromatic amines is 1. The SMILES string of the molecule is Cc1cc2ccc(Nc3nccc(Nc4ccc(C(N)=O)c(S(=O)(=O)N(C)C)c4)n3)cc2[nH]1. The zero-order chi connectivity index (χ0) is 23.8. The van der Waals surface area contributed by atoms with Crippen LogP contribution in [0.2, 0.25) is 0 Å². The monoisotopic (exact) mass is 465 g/mol. The number of fused-ring (bicyclic) bond motifs is 1. The van der Waals surface area contributed by atoms with E-state index in [0.717, 1.165) is 26.6 Å². The Kier molecular flexibility index (Phi) is 5.75. The summed E-state index contributed by atoms with van der Waals surface area (Å²) in [6.45, 7) is 2.00. The second-order valence-electron chi connectivity index (χ2n) is 7.63. The molecule has 11 heteroatoms. The largest absolute Gasteiger partial charge is 0.366 e. The highest BCUT2D eigenvalue weighted by Crippen LogP contribution is 2.26. The molecule has 2 aromatic heterocycles. The molecule has 0 aliphatic carbocycles. The Morgan fingerprint density at radius 1 is 1.03 bits per heavy atom. The first kappa shape index (κ1) is 22.2. The molecule has 4 aromatic rings. The maximum atomic E-state index is 12.7. The zero-order valence-electron chi connectivity index (χ0n) is 18.2. The molecule has 0 bridgehead atoms. The Hall–Kier alpha value is -3.96. The highest BCUT2D eigenvalue weighted by molar-refractivity contribution is 7.89. The fourth-order valence-corrected chi connectivity index (χ4v) is 4.45. The van der Waals surface area contributed by atoms with E-state index in [1.807, 2.05) is 25.1 Å². The van der Waals surface area contributed by atoms with Gasteiger partial charge in [0.15, 0.2) is 0 Å². The number of nitrogens with one attached hydrogen (secondary N) is 3. The summed E-state index contributed by atoms with van der Waals surface area (Å²) in [4.78, 5) is 23.5. The second-order valence-corrected chi connectivity index (χ2v) is 9.75. The van der Waals surface area contributed by atoms with Crippen LogP contribution in [-0.4, -0.2) is 47.7 Å². The summed E-state index contributed by atoms with van der Waals surface area (Å²) >= 11 is 0. The number of carbonyl (C=O) groups is 1. The van der Waals surface area contributed by atoms with Crippen molar-refractivity contribution < 1.29 is 13.2 Å². The number of H-pyrrole nitrogens is 1. The molecule has 5 N–H and O–H groups in total. The molecule has 0 saturated carbocycles. The molecule has 0 radical (unpaired) electrons. The van der Waals surface area contributed by atoms with Crippen molar-refractivity contribution in [3.05, 3.63) is 66.0 Å². The minimum atomic E-state index is -3.89. The number of carbonyl (C=O) groups excluding carboxylic acids is 1. The van der Waals surface area contributed by atoms with Crippen LogP contribution in [0.3, 0.4) is 0 Å². The van der Waals surface area contributed by atoms with Gasteiger partial charge in [-0.15, -0.1) is 0 Å². The van der Waals surface area contributed by atoms with E-state index in [0.29, 0.717) is 17.5 Å². The highest BCUT2D eigenvalue weighted by Gasteiger charge is 2.24. The lowest BCUT2D eigenvalue weighted by atomic mass is 10.2. The van der Waals surface area contributed by atoms with E-state index in [2.05, 4.69) is 31.7 Å². The Balaban J connectivity index is 1.61. The molecule has 0 aliphatic rings. The Morgan fingerprint density at radius 3 is 2.48 bits per heavy atom. The van der Waals surface area contributed by atoms with Crippen LogP contribution in [0.1, 0.15) is 16.1 Å². The number of rotatable bonds is 7. The number of nitrogens with zero attached hydrogens (tertiary/aromatic N) is 3. The minimum absolute atomic E-state index is 0.0887. The second kappa shape index (κ2) is 8.52. The average Bonchev–Trinajstić information content (AvgIpc) is 3.13. The first-order valence-electron chi connectivity index (χ1n) is 9.96. The third-order valence-electron chi connectivity index (χ3n) is 4.95. The normalized spacial score (nSPS) is 11.6. The molecule has 0 saturated heterocycles. The maximum absolute atomic E-state index is 12.7. The fourth-order valence-electron chi connectivity index (χ4n) is 3.33. The van der Waals surface area contributed by atoms with Crippen LogP contribution in [0, 0.1) is 6.92 Å². The summed E-state index contributed by atoms with van der Waals surface area (Å²) in [6, 6.07) is 13.9. The molecular weight excluding hydrogens is 442 g/mol. The van der Waals surface area contributed by atoms with Gasteiger partial charge in [0, 0.05) is 42.9 Å². The molecule has 0 aliphatic heterocycles. The molecule has 1 amide bonds. The molecular formula is C22H23N7O3S. The summed E-state index contributed by atoms with van der Waals surface area (Å²) in [7, 11) is -1.12. The van der Waals surface area contributed by atoms with Crippen LogP contribution >= 0.6 is 0 Å². The van der Waals surface area contributed by atoms with Gasteiger partial charge in [0.2, 0.25) is 21.9 Å². The third kappa shape index (κ3) is 4.64. The zero-order valence-corrected chi connectivity index (χ0v) is 19.1. The first-order valence-corrected chi connectivity index (χ1v) is 11.4. The van der Waals surface area contributed by atoms with Crippen LogP contribution < -0.4 is 16.4 Å². The summed E-state index contributed by atoms with van der Waals surface area (Å²) in [5, 5.41) is 7.32. The first-order chi connectivity index (χ1) is 15.6. The molecule has 33 heavy (non-hydrogen) atoms. The number of aromatic nitrogens is 3. The predicted molar refractivity (Wildman–Crippen MR) is 127 cm³/mol. The lowest BCUT2D eigenvalue weighted by Crippen LogP contribution is -2.26. The van der Waals surface area contributed by atoms with E-state index >= 15 is 0 Å². The number of primary amides is 1. The number of benzene rings is 2. The van der Waals surface area contributed by atoms with Crippen molar-refractivity contribution in [2.45, 2.75) is 11.8 Å². The van der Waals surface area contributed by atoms with Gasteiger partial charge in [-0.05, 0) is 54.8 Å². The highest BCUT2D eigenvalue weighted by atomic mass is 32.2. The smallest absolute Gasteiger partial charge is 0.250 e. The van der Waals surface area contributed by atoms with Crippen molar-refractivity contribution in [3.63, 3.8) is 0 Å². The number of sulfonamides is 1. The number of hydrogen-bond acceptors (Lipinski definition) is 7. The van der Waals surface area contributed by atoms with E-state index in [1.54, 1.807) is 18.3 Å². The van der Waals surface area contributed by atoms with E-state index in [9.17, 15) is 13.2 Å². The van der Waals surface area contributed by atoms with Crippen molar-refractivity contribution in [1.29, 1.82) is 0 Å². The molecule has 0 spiro atoms. The van der Waals surface area contributed by atoms with Crippen molar-refractivity contribution in [1.82, 2.24) is 19.3 Å². The van der Waals surface area contributed by atoms with Gasteiger partial charge in [0.1, 0.15) is 5.82 Å². The van der Waals surface area contributed by atoms with E-state index in [-0.39, 0.29) is 10.5 Å². The molecule has 0 fully saturated rings. The Morgan fingerprint density at radius 2 is 1.76 bits per heavy atom. The van der Waals surface area contributed by atoms with Gasteiger partial charge in [0.25, 0.3) is 0 Å². The van der Waals surface area contributed by atoms with Gasteiger partial charge >= 0.3 is 0 Å². The van der Waals surface area contributed by atoms with Gasteiger partial charge < -0.3 is 21.4 Å². The topological polar surface area (TPSA) is 146 Å². The van der Waals surface area contributed by atoms with Crippen molar-refractivity contribution >= 4 is 50.0 Å². The maximum Gasteiger partial charge on any atom is 0.250 e. The van der Waals surface area contributed by atoms with Crippen molar-refractivity contribution in [3.8, 4) is 0 Å². The number of anilines is 4. The van der Waals surface area contributed by atoms with Gasteiger partial charge in [-0.1, -0.05) is 6.07 Å². The summed E-state index contributed by atoms with van der Waals surface area (Å²) < 4.78 is 26.4. The molecule has 2 heterocycles. The van der Waals surface area contributed by atoms with Crippen molar-refractivity contribution in [2.24, 2.45) is 5.73 Å². The van der Waals surface area contributed by atoms with Crippen LogP contribution in [0.25, 0.3) is 10.9 Å². The minimum Gasteiger partial charge on any atom is -0.366 e. The van der Waals surface area contributed by atoms with Gasteiger partial charge in [-0.3, -0.25) is 4.79 Å². The summed E-state index contributed by atoms with van der Waals surface area (Å²) in [6.07, 6.45) is 1.57. The molecule has 4 rings (SSSR count). The predicted octanol–water partition coefficient (Wildman–Crippen LogP) is 3.10. The quantitative estimate of drug-likeness (QED) is 0.328. The number of amides is 1. The van der Waals surface area contributed by atoms with E-state index in [1.165, 1.54) is 26.2 Å². The van der Waals surface area contributed by atoms with Crippen LogP contribution in [0.5, 0.6) is 0 Å². The van der Waals surface area contributed by atoms with E-state index in [4.69, 9.17) is 5.73 Å². The van der Waals surface area contributed by atoms with Crippen LogP contribution in [0.15, 0.2) is 59.6 Å². The fraction of sp³-hybridized carbons (Fsp3) is 0.136. The van der Waals surface area contributed by atoms with Gasteiger partial charge in [-0.25, -0.2) is 17.7 Å². The lowest BCUT2D eigenvalue weighted by molar-refractivity contribution is 0.0997. The molecule has 0 atom stereocenters. The van der Waals surface area contributed by atoms with E-state index < -0.39 is 15.9 Å². The Bertz CT molecular complexity index is 1460. The molecule has 2 aromatic carbocycles. The number of hydrogen-bond donors (Lipinski definition) is 4. The lowest BCUT2D eigenvalue weighted by Gasteiger charge is -2.15. The van der Waals surface area contributed by atoms with Gasteiger partial charge in [0.05, 0.1) is 10.5 Å².